The van der Waals surface area contributed by atoms with E-state index in [1.54, 1.807) is 24.3 Å². The van der Waals surface area contributed by atoms with Crippen LogP contribution in [0.2, 0.25) is 0 Å². The minimum Gasteiger partial charge on any atom is -0.369 e. The second-order valence-corrected chi connectivity index (χ2v) is 5.84. The highest BCUT2D eigenvalue weighted by Crippen LogP contribution is 2.36. The van der Waals surface area contributed by atoms with Crippen LogP contribution in [0, 0.1) is 5.41 Å². The number of carbonyl (C=O) groups excluding carboxylic acids is 2. The molecule has 1 aliphatic rings. The van der Waals surface area contributed by atoms with Gasteiger partial charge in [0.1, 0.15) is 0 Å². The summed E-state index contributed by atoms with van der Waals surface area (Å²) < 4.78 is 0. The lowest BCUT2D eigenvalue weighted by atomic mass is 9.73. The van der Waals surface area contributed by atoms with Crippen molar-refractivity contribution in [1.29, 1.82) is 0 Å². The minimum atomic E-state index is -0.426. The van der Waals surface area contributed by atoms with Crippen molar-refractivity contribution >= 4 is 17.5 Å². The molecule has 5 nitrogen and oxygen atoms in total. The first-order chi connectivity index (χ1) is 10.1. The quantitative estimate of drug-likeness (QED) is 0.767. The van der Waals surface area contributed by atoms with E-state index >= 15 is 0 Å². The number of benzene rings is 1. The predicted molar refractivity (Wildman–Crippen MR) is 82.5 cm³/mol. The van der Waals surface area contributed by atoms with Crippen LogP contribution >= 0.6 is 0 Å². The molecule has 0 aromatic heterocycles. The van der Waals surface area contributed by atoms with E-state index in [4.69, 9.17) is 11.5 Å². The molecule has 21 heavy (non-hydrogen) atoms. The van der Waals surface area contributed by atoms with Crippen molar-refractivity contribution in [1.82, 2.24) is 0 Å². The van der Waals surface area contributed by atoms with Crippen LogP contribution in [0.1, 0.15) is 37.7 Å². The van der Waals surface area contributed by atoms with Gasteiger partial charge in [0.25, 0.3) is 0 Å². The van der Waals surface area contributed by atoms with Gasteiger partial charge in [0.15, 0.2) is 0 Å². The number of nitrogens with two attached hydrogens (primary N) is 2. The van der Waals surface area contributed by atoms with Crippen LogP contribution in [0.4, 0.5) is 5.69 Å². The van der Waals surface area contributed by atoms with Gasteiger partial charge in [-0.15, -0.1) is 0 Å². The van der Waals surface area contributed by atoms with Gasteiger partial charge in [-0.1, -0.05) is 31.4 Å². The van der Waals surface area contributed by atoms with Crippen molar-refractivity contribution in [3.8, 4) is 0 Å². The molecule has 5 heteroatoms. The lowest BCUT2D eigenvalue weighted by Crippen LogP contribution is -2.43. The highest BCUT2D eigenvalue weighted by molar-refractivity contribution is 5.95. The number of hydrogen-bond donors (Lipinski definition) is 3. The smallest absolute Gasteiger partial charge is 0.231 e. The molecule has 0 spiro atoms. The fourth-order valence-corrected chi connectivity index (χ4v) is 2.92. The summed E-state index contributed by atoms with van der Waals surface area (Å²) in [6.07, 6.45) is 5.21. The topological polar surface area (TPSA) is 98.2 Å². The number of nitrogens with one attached hydrogen (secondary N) is 1. The van der Waals surface area contributed by atoms with Gasteiger partial charge in [0.2, 0.25) is 11.8 Å². The third-order valence-electron chi connectivity index (χ3n) is 4.27. The average Bonchev–Trinajstić information content (AvgIpc) is 2.49. The zero-order chi connectivity index (χ0) is 15.3. The number of anilines is 1. The Morgan fingerprint density at radius 2 is 1.71 bits per heavy atom. The second kappa shape index (κ2) is 6.72. The summed E-state index contributed by atoms with van der Waals surface area (Å²) in [6, 6.07) is 7.19. The van der Waals surface area contributed by atoms with Crippen LogP contribution in [0.15, 0.2) is 24.3 Å². The number of carbonyl (C=O) groups is 2. The molecule has 1 aliphatic carbocycles. The Morgan fingerprint density at radius 3 is 2.24 bits per heavy atom. The molecule has 0 atom stereocenters. The van der Waals surface area contributed by atoms with Gasteiger partial charge in [0.05, 0.1) is 11.8 Å². The van der Waals surface area contributed by atoms with Crippen LogP contribution in [-0.4, -0.2) is 18.4 Å². The van der Waals surface area contributed by atoms with Gasteiger partial charge in [-0.05, 0) is 30.5 Å². The fourth-order valence-electron chi connectivity index (χ4n) is 2.92. The molecular weight excluding hydrogens is 266 g/mol. The zero-order valence-corrected chi connectivity index (χ0v) is 12.2. The lowest BCUT2D eigenvalue weighted by Gasteiger charge is -2.34. The summed E-state index contributed by atoms with van der Waals surface area (Å²) >= 11 is 0. The van der Waals surface area contributed by atoms with Crippen LogP contribution in [0.3, 0.4) is 0 Å². The Kier molecular flexibility index (Phi) is 4.96. The zero-order valence-electron chi connectivity index (χ0n) is 12.2. The largest absolute Gasteiger partial charge is 0.369 e. The minimum absolute atomic E-state index is 0.00681. The maximum absolute atomic E-state index is 12.5. The molecule has 2 amide bonds. The van der Waals surface area contributed by atoms with E-state index in [2.05, 4.69) is 5.32 Å². The molecule has 1 saturated carbocycles. The van der Waals surface area contributed by atoms with E-state index in [-0.39, 0.29) is 18.2 Å². The Hall–Kier alpha value is -1.88. The molecule has 2 rings (SSSR count). The SMILES string of the molecule is NCC1(C(=O)Nc2ccc(CC(N)=O)cc2)CCCCC1. The molecule has 1 aromatic rings. The summed E-state index contributed by atoms with van der Waals surface area (Å²) in [4.78, 5) is 23.4. The summed E-state index contributed by atoms with van der Waals surface area (Å²) in [7, 11) is 0. The van der Waals surface area contributed by atoms with Crippen molar-refractivity contribution in [3.63, 3.8) is 0 Å². The second-order valence-electron chi connectivity index (χ2n) is 5.84. The van der Waals surface area contributed by atoms with E-state index in [1.807, 2.05) is 0 Å². The molecular formula is C16H23N3O2. The van der Waals surface area contributed by atoms with Crippen molar-refractivity contribution < 1.29 is 9.59 Å². The van der Waals surface area contributed by atoms with Gasteiger partial charge in [-0.3, -0.25) is 9.59 Å². The monoisotopic (exact) mass is 289 g/mol. The van der Waals surface area contributed by atoms with Crippen molar-refractivity contribution in [3.05, 3.63) is 29.8 Å². The van der Waals surface area contributed by atoms with Crippen molar-refractivity contribution in [2.75, 3.05) is 11.9 Å². The van der Waals surface area contributed by atoms with E-state index < -0.39 is 5.41 Å². The van der Waals surface area contributed by atoms with Crippen molar-refractivity contribution in [2.24, 2.45) is 16.9 Å². The maximum atomic E-state index is 12.5. The van der Waals surface area contributed by atoms with Gasteiger partial charge in [-0.2, -0.15) is 0 Å². The lowest BCUT2D eigenvalue weighted by molar-refractivity contribution is -0.126. The summed E-state index contributed by atoms with van der Waals surface area (Å²) in [6.45, 7) is 0.387. The Labute approximate surface area is 125 Å². The van der Waals surface area contributed by atoms with Crippen LogP contribution in [0.5, 0.6) is 0 Å². The fraction of sp³-hybridized carbons (Fsp3) is 0.500. The third-order valence-corrected chi connectivity index (χ3v) is 4.27. The van der Waals surface area contributed by atoms with E-state index in [0.29, 0.717) is 6.54 Å². The first kappa shape index (κ1) is 15.5. The van der Waals surface area contributed by atoms with E-state index in [1.165, 1.54) is 6.42 Å². The average molecular weight is 289 g/mol. The molecule has 1 aromatic carbocycles. The molecule has 1 fully saturated rings. The standard InChI is InChI=1S/C16H23N3O2/c17-11-16(8-2-1-3-9-16)15(21)19-13-6-4-12(5-7-13)10-14(18)20/h4-7H,1-3,8-11,17H2,(H2,18,20)(H,19,21). The van der Waals surface area contributed by atoms with Crippen LogP contribution in [-0.2, 0) is 16.0 Å². The maximum Gasteiger partial charge on any atom is 0.231 e. The molecule has 0 heterocycles. The number of primary amides is 1. The van der Waals surface area contributed by atoms with Gasteiger partial charge in [-0.25, -0.2) is 0 Å². The normalized spacial score (nSPS) is 17.2. The number of amides is 2. The highest BCUT2D eigenvalue weighted by atomic mass is 16.2. The Bertz CT molecular complexity index is 505. The summed E-state index contributed by atoms with van der Waals surface area (Å²) in [5, 5.41) is 2.95. The molecule has 0 unspecified atom stereocenters. The highest BCUT2D eigenvalue weighted by Gasteiger charge is 2.38. The Morgan fingerprint density at radius 1 is 1.10 bits per heavy atom. The number of rotatable bonds is 5. The van der Waals surface area contributed by atoms with Crippen LogP contribution < -0.4 is 16.8 Å². The molecule has 0 radical (unpaired) electrons. The first-order valence-corrected chi connectivity index (χ1v) is 7.44. The summed E-state index contributed by atoms with van der Waals surface area (Å²) in [5.74, 6) is -0.358. The molecule has 0 aliphatic heterocycles. The van der Waals surface area contributed by atoms with E-state index in [0.717, 1.165) is 36.9 Å². The summed E-state index contributed by atoms with van der Waals surface area (Å²) in [5.41, 5.74) is 12.2. The molecule has 5 N–H and O–H groups in total. The van der Waals surface area contributed by atoms with Gasteiger partial charge < -0.3 is 16.8 Å². The van der Waals surface area contributed by atoms with Gasteiger partial charge in [0, 0.05) is 12.2 Å². The third kappa shape index (κ3) is 3.82. The molecule has 0 bridgehead atoms. The molecule has 114 valence electrons. The first-order valence-electron chi connectivity index (χ1n) is 7.44. The van der Waals surface area contributed by atoms with E-state index in [9.17, 15) is 9.59 Å². The number of hydrogen-bond acceptors (Lipinski definition) is 3. The molecule has 0 saturated heterocycles. The van der Waals surface area contributed by atoms with Crippen LogP contribution in [0.25, 0.3) is 0 Å². The Balaban J connectivity index is 2.03. The predicted octanol–water partition coefficient (Wildman–Crippen LogP) is 1.56. The van der Waals surface area contributed by atoms with Gasteiger partial charge >= 0.3 is 0 Å². The van der Waals surface area contributed by atoms with Crippen molar-refractivity contribution in [2.45, 2.75) is 38.5 Å².